The van der Waals surface area contributed by atoms with Gasteiger partial charge in [-0.1, -0.05) is 35.5 Å². The lowest BCUT2D eigenvalue weighted by Crippen LogP contribution is -2.35. The maximum Gasteiger partial charge on any atom is 0.253 e. The summed E-state index contributed by atoms with van der Waals surface area (Å²) in [7, 11) is 0. The summed E-state index contributed by atoms with van der Waals surface area (Å²) in [6.07, 6.45) is 3.72. The van der Waals surface area contributed by atoms with Crippen LogP contribution >= 0.6 is 11.3 Å². The van der Waals surface area contributed by atoms with E-state index in [-0.39, 0.29) is 0 Å². The van der Waals surface area contributed by atoms with Crippen LogP contribution in [0.5, 0.6) is 0 Å². The molecule has 30 heavy (non-hydrogen) atoms. The summed E-state index contributed by atoms with van der Waals surface area (Å²) in [6.45, 7) is 3.59. The van der Waals surface area contributed by atoms with Gasteiger partial charge < -0.3 is 8.94 Å². The number of fused-ring (bicyclic) bond motifs is 1. The van der Waals surface area contributed by atoms with Crippen LogP contribution in [0.25, 0.3) is 22.7 Å². The van der Waals surface area contributed by atoms with E-state index >= 15 is 0 Å². The van der Waals surface area contributed by atoms with Crippen molar-refractivity contribution in [3.05, 3.63) is 63.9 Å². The zero-order chi connectivity index (χ0) is 20.1. The Morgan fingerprint density at radius 2 is 2.00 bits per heavy atom. The van der Waals surface area contributed by atoms with E-state index in [0.717, 1.165) is 35.7 Å². The Balaban J connectivity index is 1.29. The van der Waals surface area contributed by atoms with E-state index in [9.17, 15) is 0 Å². The lowest BCUT2D eigenvalue weighted by atomic mass is 9.96. The molecule has 1 aliphatic heterocycles. The van der Waals surface area contributed by atoms with E-state index < -0.39 is 0 Å². The summed E-state index contributed by atoms with van der Waals surface area (Å²) in [5.41, 5.74) is 3.99. The molecule has 2 aliphatic rings. The van der Waals surface area contributed by atoms with Gasteiger partial charge in [-0.05, 0) is 49.1 Å². The smallest absolute Gasteiger partial charge is 0.253 e. The molecule has 4 heterocycles. The van der Waals surface area contributed by atoms with Gasteiger partial charge in [0.25, 0.3) is 5.89 Å². The van der Waals surface area contributed by atoms with Crippen molar-refractivity contribution in [2.45, 2.75) is 38.8 Å². The first-order chi connectivity index (χ1) is 14.8. The Labute approximate surface area is 178 Å². The number of thiophene rings is 1. The average Bonchev–Trinajstić information content (AvgIpc) is 3.13. The van der Waals surface area contributed by atoms with E-state index in [1.54, 1.807) is 4.88 Å². The minimum Gasteiger partial charge on any atom is -0.419 e. The third-order valence-corrected chi connectivity index (χ3v) is 7.11. The van der Waals surface area contributed by atoms with Crippen LogP contribution in [-0.4, -0.2) is 26.8 Å². The highest BCUT2D eigenvalue weighted by atomic mass is 32.1. The van der Waals surface area contributed by atoms with Crippen molar-refractivity contribution >= 4 is 11.3 Å². The number of nitrogens with zero attached hydrogens (tertiary/aromatic N) is 4. The first kappa shape index (κ1) is 18.0. The molecule has 7 heteroatoms. The van der Waals surface area contributed by atoms with Crippen LogP contribution in [0.3, 0.4) is 0 Å². The molecule has 0 saturated heterocycles. The van der Waals surface area contributed by atoms with Crippen molar-refractivity contribution in [1.82, 2.24) is 20.3 Å². The van der Waals surface area contributed by atoms with E-state index in [4.69, 9.17) is 8.94 Å². The molecular weight excluding hydrogens is 396 g/mol. The second kappa shape index (κ2) is 7.18. The molecular formula is C23H22N4O2S. The topological polar surface area (TPSA) is 68.2 Å². The van der Waals surface area contributed by atoms with Gasteiger partial charge in [-0.15, -0.1) is 21.5 Å². The van der Waals surface area contributed by atoms with Crippen LogP contribution in [0.2, 0.25) is 0 Å². The van der Waals surface area contributed by atoms with Crippen molar-refractivity contribution in [1.29, 1.82) is 0 Å². The van der Waals surface area contributed by atoms with E-state index in [2.05, 4.69) is 31.7 Å². The zero-order valence-electron chi connectivity index (χ0n) is 16.7. The summed E-state index contributed by atoms with van der Waals surface area (Å²) in [5, 5.41) is 15.2. The largest absolute Gasteiger partial charge is 0.419 e. The Bertz CT molecular complexity index is 1180. The van der Waals surface area contributed by atoms with Gasteiger partial charge in [-0.2, -0.15) is 0 Å². The van der Waals surface area contributed by atoms with Gasteiger partial charge in [0.05, 0.1) is 6.54 Å². The standard InChI is InChI=1S/C23H22N4O2S/c1-14-20(21(26-29-14)15-5-3-2-4-6-15)23-25-24-19(28-23)13-27-11-9-18-17(10-12-30-18)22(27)16-7-8-16/h2-6,10,12,16,22H,7-9,11,13H2,1H3/t22-/m1/s1. The van der Waals surface area contributed by atoms with E-state index in [0.29, 0.717) is 30.1 Å². The van der Waals surface area contributed by atoms with Gasteiger partial charge in [-0.3, -0.25) is 4.90 Å². The highest BCUT2D eigenvalue weighted by molar-refractivity contribution is 7.10. The monoisotopic (exact) mass is 418 g/mol. The Morgan fingerprint density at radius 3 is 2.83 bits per heavy atom. The summed E-state index contributed by atoms with van der Waals surface area (Å²) in [6, 6.07) is 12.7. The Hall–Kier alpha value is -2.77. The maximum atomic E-state index is 6.13. The van der Waals surface area contributed by atoms with Crippen LogP contribution in [-0.2, 0) is 13.0 Å². The van der Waals surface area contributed by atoms with Gasteiger partial charge in [-0.25, -0.2) is 0 Å². The van der Waals surface area contributed by atoms with Crippen LogP contribution in [0.1, 0.15) is 41.0 Å². The highest BCUT2D eigenvalue weighted by Gasteiger charge is 2.40. The van der Waals surface area contributed by atoms with E-state index in [1.807, 2.05) is 48.6 Å². The van der Waals surface area contributed by atoms with Crippen molar-refractivity contribution in [3.8, 4) is 22.7 Å². The average molecular weight is 419 g/mol. The molecule has 0 radical (unpaired) electrons. The Morgan fingerprint density at radius 1 is 1.13 bits per heavy atom. The van der Waals surface area contributed by atoms with Crippen molar-refractivity contribution in [3.63, 3.8) is 0 Å². The third-order valence-electron chi connectivity index (χ3n) is 6.12. The molecule has 6 rings (SSSR count). The summed E-state index contributed by atoms with van der Waals surface area (Å²) < 4.78 is 11.6. The van der Waals surface area contributed by atoms with Crippen molar-refractivity contribution in [2.75, 3.05) is 6.54 Å². The normalized spacial score (nSPS) is 19.2. The number of hydrogen-bond acceptors (Lipinski definition) is 7. The lowest BCUT2D eigenvalue weighted by Gasteiger charge is -2.35. The fourth-order valence-electron chi connectivity index (χ4n) is 4.55. The molecule has 152 valence electrons. The quantitative estimate of drug-likeness (QED) is 0.440. The van der Waals surface area contributed by atoms with Gasteiger partial charge in [0, 0.05) is 23.0 Å². The minimum atomic E-state index is 0.471. The highest BCUT2D eigenvalue weighted by Crippen LogP contribution is 2.48. The maximum absolute atomic E-state index is 6.13. The number of aryl methyl sites for hydroxylation is 1. The summed E-state index contributed by atoms with van der Waals surface area (Å²) >= 11 is 1.89. The second-order valence-corrected chi connectivity index (χ2v) is 9.13. The second-order valence-electron chi connectivity index (χ2n) is 8.13. The molecule has 4 aromatic rings. The number of rotatable bonds is 5. The molecule has 1 aromatic carbocycles. The molecule has 0 N–H and O–H groups in total. The fourth-order valence-corrected chi connectivity index (χ4v) is 5.46. The molecule has 0 bridgehead atoms. The fraction of sp³-hybridized carbons (Fsp3) is 0.348. The first-order valence-corrected chi connectivity index (χ1v) is 11.3. The van der Waals surface area contributed by atoms with Crippen LogP contribution in [0, 0.1) is 12.8 Å². The lowest BCUT2D eigenvalue weighted by molar-refractivity contribution is 0.144. The number of hydrogen-bond donors (Lipinski definition) is 0. The van der Waals surface area contributed by atoms with Crippen LogP contribution in [0.4, 0.5) is 0 Å². The predicted octanol–water partition coefficient (Wildman–Crippen LogP) is 5.27. The molecule has 0 unspecified atom stereocenters. The first-order valence-electron chi connectivity index (χ1n) is 10.4. The van der Waals surface area contributed by atoms with Gasteiger partial charge >= 0.3 is 0 Å². The SMILES string of the molecule is Cc1onc(-c2ccccc2)c1-c1nnc(CN2CCc3sccc3[C@H]2C2CC2)o1. The predicted molar refractivity (Wildman–Crippen MR) is 114 cm³/mol. The van der Waals surface area contributed by atoms with Crippen LogP contribution < -0.4 is 0 Å². The molecule has 1 saturated carbocycles. The molecule has 0 amide bonds. The van der Waals surface area contributed by atoms with Crippen molar-refractivity contribution < 1.29 is 8.94 Å². The number of benzene rings is 1. The molecule has 1 atom stereocenters. The number of aromatic nitrogens is 3. The van der Waals surface area contributed by atoms with Gasteiger partial charge in [0.2, 0.25) is 5.89 Å². The Kier molecular flexibility index (Phi) is 4.32. The molecule has 0 spiro atoms. The summed E-state index contributed by atoms with van der Waals surface area (Å²) in [5.74, 6) is 2.56. The summed E-state index contributed by atoms with van der Waals surface area (Å²) in [4.78, 5) is 4.06. The van der Waals surface area contributed by atoms with Gasteiger partial charge in [0.1, 0.15) is 17.0 Å². The third kappa shape index (κ3) is 3.09. The zero-order valence-corrected chi connectivity index (χ0v) is 17.6. The minimum absolute atomic E-state index is 0.471. The molecule has 3 aromatic heterocycles. The van der Waals surface area contributed by atoms with E-state index in [1.165, 1.54) is 18.4 Å². The molecule has 1 aliphatic carbocycles. The van der Waals surface area contributed by atoms with Gasteiger partial charge in [0.15, 0.2) is 0 Å². The molecule has 1 fully saturated rings. The van der Waals surface area contributed by atoms with Crippen LogP contribution in [0.15, 0.2) is 50.7 Å². The molecule has 6 nitrogen and oxygen atoms in total. The van der Waals surface area contributed by atoms with Crippen molar-refractivity contribution in [2.24, 2.45) is 5.92 Å².